The van der Waals surface area contributed by atoms with Gasteiger partial charge in [0.15, 0.2) is 6.61 Å². The fourth-order valence-electron chi connectivity index (χ4n) is 2.42. The van der Waals surface area contributed by atoms with E-state index in [0.29, 0.717) is 19.1 Å². The van der Waals surface area contributed by atoms with Gasteiger partial charge in [-0.2, -0.15) is 13.2 Å². The van der Waals surface area contributed by atoms with Gasteiger partial charge in [-0.25, -0.2) is 0 Å². The molecule has 2 rings (SSSR count). The van der Waals surface area contributed by atoms with Crippen LogP contribution >= 0.6 is 12.4 Å². The zero-order valence-corrected chi connectivity index (χ0v) is 13.5. The van der Waals surface area contributed by atoms with E-state index in [1.54, 1.807) is 4.90 Å². The summed E-state index contributed by atoms with van der Waals surface area (Å²) in [6.07, 6.45) is -2.68. The predicted octanol–water partition coefficient (Wildman–Crippen LogP) is 2.72. The molecule has 1 aromatic rings. The fourth-order valence-corrected chi connectivity index (χ4v) is 2.42. The van der Waals surface area contributed by atoms with Crippen LogP contribution in [0.2, 0.25) is 0 Å². The first-order chi connectivity index (χ1) is 10.4. The number of likely N-dealkylation sites (tertiary alicyclic amines) is 1. The first-order valence-electron chi connectivity index (χ1n) is 7.15. The van der Waals surface area contributed by atoms with Crippen LogP contribution in [-0.2, 0) is 11.0 Å². The first-order valence-corrected chi connectivity index (χ1v) is 7.15. The Morgan fingerprint density at radius 3 is 2.57 bits per heavy atom. The van der Waals surface area contributed by atoms with Crippen LogP contribution in [0.5, 0.6) is 5.75 Å². The summed E-state index contributed by atoms with van der Waals surface area (Å²) in [6.45, 7) is 1.03. The molecule has 4 nitrogen and oxygen atoms in total. The molecule has 0 atom stereocenters. The van der Waals surface area contributed by atoms with Gasteiger partial charge in [0.05, 0.1) is 5.56 Å². The highest BCUT2D eigenvalue weighted by molar-refractivity contribution is 5.85. The molecule has 0 aliphatic carbocycles. The number of nitrogens with zero attached hydrogens (tertiary/aromatic N) is 1. The molecule has 1 saturated heterocycles. The summed E-state index contributed by atoms with van der Waals surface area (Å²) in [5.41, 5.74) is -0.785. The Hall–Kier alpha value is -1.47. The highest BCUT2D eigenvalue weighted by Gasteiger charge is 2.30. The molecule has 0 unspecified atom stereocenters. The molecule has 130 valence electrons. The maximum Gasteiger partial charge on any atom is 0.416 e. The minimum Gasteiger partial charge on any atom is -0.484 e. The largest absolute Gasteiger partial charge is 0.484 e. The molecule has 1 heterocycles. The zero-order valence-electron chi connectivity index (χ0n) is 12.7. The minimum absolute atomic E-state index is 0. The Balaban J connectivity index is 0.00000264. The molecule has 1 aliphatic heterocycles. The Morgan fingerprint density at radius 1 is 1.35 bits per heavy atom. The van der Waals surface area contributed by atoms with Crippen molar-refractivity contribution in [3.8, 4) is 5.75 Å². The van der Waals surface area contributed by atoms with Crippen LogP contribution < -0.4 is 10.1 Å². The van der Waals surface area contributed by atoms with Gasteiger partial charge in [-0.15, -0.1) is 12.4 Å². The Labute approximate surface area is 139 Å². The number of rotatable bonds is 4. The number of benzene rings is 1. The van der Waals surface area contributed by atoms with Gasteiger partial charge in [0.2, 0.25) is 0 Å². The van der Waals surface area contributed by atoms with Crippen molar-refractivity contribution in [2.75, 3.05) is 26.7 Å². The summed E-state index contributed by atoms with van der Waals surface area (Å²) in [5, 5.41) is 3.17. The Kier molecular flexibility index (Phi) is 7.15. The molecule has 8 heteroatoms. The van der Waals surface area contributed by atoms with Crippen LogP contribution in [0.4, 0.5) is 13.2 Å². The number of hydrogen-bond acceptors (Lipinski definition) is 3. The van der Waals surface area contributed by atoms with Gasteiger partial charge in [0, 0.05) is 19.1 Å². The Bertz CT molecular complexity index is 518. The van der Waals surface area contributed by atoms with Crippen molar-refractivity contribution in [3.05, 3.63) is 29.8 Å². The van der Waals surface area contributed by atoms with Crippen LogP contribution in [0, 0.1) is 0 Å². The van der Waals surface area contributed by atoms with Gasteiger partial charge in [-0.1, -0.05) is 6.07 Å². The van der Waals surface area contributed by atoms with Gasteiger partial charge >= 0.3 is 6.18 Å². The van der Waals surface area contributed by atoms with Crippen LogP contribution in [0.1, 0.15) is 18.4 Å². The van der Waals surface area contributed by atoms with Gasteiger partial charge in [-0.3, -0.25) is 4.79 Å². The maximum absolute atomic E-state index is 12.6. The molecule has 1 aromatic carbocycles. The van der Waals surface area contributed by atoms with Crippen molar-refractivity contribution in [2.24, 2.45) is 0 Å². The van der Waals surface area contributed by atoms with Crippen molar-refractivity contribution < 1.29 is 22.7 Å². The quantitative estimate of drug-likeness (QED) is 0.906. The topological polar surface area (TPSA) is 41.6 Å². The smallest absolute Gasteiger partial charge is 0.416 e. The Morgan fingerprint density at radius 2 is 2.00 bits per heavy atom. The summed E-state index contributed by atoms with van der Waals surface area (Å²) in [7, 11) is 1.89. The summed E-state index contributed by atoms with van der Waals surface area (Å²) in [4.78, 5) is 13.7. The van der Waals surface area contributed by atoms with Crippen LogP contribution in [0.15, 0.2) is 24.3 Å². The summed E-state index contributed by atoms with van der Waals surface area (Å²) in [5.74, 6) is -0.153. The summed E-state index contributed by atoms with van der Waals surface area (Å²) in [6, 6.07) is 4.96. The minimum atomic E-state index is -4.42. The summed E-state index contributed by atoms with van der Waals surface area (Å²) < 4.78 is 43.0. The van der Waals surface area contributed by atoms with E-state index in [0.717, 1.165) is 25.0 Å². The molecule has 0 aromatic heterocycles. The van der Waals surface area contributed by atoms with Gasteiger partial charge in [-0.05, 0) is 38.1 Å². The second-order valence-electron chi connectivity index (χ2n) is 5.26. The molecule has 1 N–H and O–H groups in total. The van der Waals surface area contributed by atoms with Gasteiger partial charge < -0.3 is 15.0 Å². The van der Waals surface area contributed by atoms with E-state index in [4.69, 9.17) is 4.74 Å². The van der Waals surface area contributed by atoms with Crippen molar-refractivity contribution in [1.82, 2.24) is 10.2 Å². The first kappa shape index (κ1) is 19.6. The average molecular weight is 353 g/mol. The third kappa shape index (κ3) is 5.58. The highest BCUT2D eigenvalue weighted by atomic mass is 35.5. The van der Waals surface area contributed by atoms with Gasteiger partial charge in [0.25, 0.3) is 5.91 Å². The number of piperidine rings is 1. The van der Waals surface area contributed by atoms with E-state index in [9.17, 15) is 18.0 Å². The number of ether oxygens (including phenoxy) is 1. The normalized spacial score (nSPS) is 15.9. The molecule has 0 radical (unpaired) electrons. The van der Waals surface area contributed by atoms with E-state index >= 15 is 0 Å². The number of hydrogen-bond donors (Lipinski definition) is 1. The van der Waals surface area contributed by atoms with E-state index in [1.807, 2.05) is 7.05 Å². The SMILES string of the molecule is CNC1CCN(C(=O)COc2cccc(C(F)(F)F)c2)CC1.Cl. The second-order valence-corrected chi connectivity index (χ2v) is 5.26. The standard InChI is InChI=1S/C15H19F3N2O2.ClH/c1-19-12-5-7-20(8-6-12)14(21)10-22-13-4-2-3-11(9-13)15(16,17)18;/h2-4,9,12,19H,5-8,10H2,1H3;1H. The lowest BCUT2D eigenvalue weighted by Crippen LogP contribution is -2.45. The summed E-state index contributed by atoms with van der Waals surface area (Å²) >= 11 is 0. The van der Waals surface area contributed by atoms with E-state index in [2.05, 4.69) is 5.32 Å². The number of alkyl halides is 3. The fraction of sp³-hybridized carbons (Fsp3) is 0.533. The molecule has 0 spiro atoms. The lowest BCUT2D eigenvalue weighted by atomic mass is 10.1. The average Bonchev–Trinajstić information content (AvgIpc) is 2.52. The lowest BCUT2D eigenvalue weighted by Gasteiger charge is -2.31. The molecule has 0 saturated carbocycles. The van der Waals surface area contributed by atoms with E-state index in [1.165, 1.54) is 12.1 Å². The molecule has 1 amide bonds. The second kappa shape index (κ2) is 8.40. The van der Waals surface area contributed by atoms with E-state index < -0.39 is 11.7 Å². The zero-order chi connectivity index (χ0) is 16.2. The molecular weight excluding hydrogens is 333 g/mol. The molecule has 1 fully saturated rings. The van der Waals surface area contributed by atoms with Crippen LogP contribution in [0.3, 0.4) is 0 Å². The van der Waals surface area contributed by atoms with E-state index in [-0.39, 0.29) is 30.7 Å². The number of amides is 1. The third-order valence-electron chi connectivity index (χ3n) is 3.78. The lowest BCUT2D eigenvalue weighted by molar-refractivity contribution is -0.137. The third-order valence-corrected chi connectivity index (χ3v) is 3.78. The highest BCUT2D eigenvalue weighted by Crippen LogP contribution is 2.31. The van der Waals surface area contributed by atoms with Crippen molar-refractivity contribution >= 4 is 18.3 Å². The predicted molar refractivity (Wildman–Crippen MR) is 82.8 cm³/mol. The number of nitrogens with one attached hydrogen (secondary N) is 1. The van der Waals surface area contributed by atoms with Crippen LogP contribution in [-0.4, -0.2) is 43.6 Å². The van der Waals surface area contributed by atoms with Crippen molar-refractivity contribution in [2.45, 2.75) is 25.1 Å². The number of halogens is 4. The molecular formula is C15H20ClF3N2O2. The number of carbonyl (C=O) groups excluding carboxylic acids is 1. The molecule has 23 heavy (non-hydrogen) atoms. The molecule has 1 aliphatic rings. The van der Waals surface area contributed by atoms with Crippen molar-refractivity contribution in [1.29, 1.82) is 0 Å². The van der Waals surface area contributed by atoms with Gasteiger partial charge in [0.1, 0.15) is 5.75 Å². The van der Waals surface area contributed by atoms with Crippen LogP contribution in [0.25, 0.3) is 0 Å². The van der Waals surface area contributed by atoms with Crippen molar-refractivity contribution in [3.63, 3.8) is 0 Å². The molecule has 0 bridgehead atoms. The maximum atomic E-state index is 12.6. The number of carbonyl (C=O) groups is 1. The monoisotopic (exact) mass is 352 g/mol.